The van der Waals surface area contributed by atoms with Crippen LogP contribution in [-0.4, -0.2) is 21.3 Å². The Kier molecular flexibility index (Phi) is 3.79. The van der Waals surface area contributed by atoms with Crippen molar-refractivity contribution in [1.82, 2.24) is 14.7 Å². The van der Waals surface area contributed by atoms with Crippen molar-refractivity contribution < 1.29 is 4.79 Å². The first-order valence-corrected chi connectivity index (χ1v) is 8.02. The molecule has 0 aliphatic heterocycles. The van der Waals surface area contributed by atoms with E-state index in [4.69, 9.17) is 0 Å². The van der Waals surface area contributed by atoms with Gasteiger partial charge in [-0.3, -0.25) is 4.79 Å². The zero-order valence-corrected chi connectivity index (χ0v) is 12.8. The van der Waals surface area contributed by atoms with E-state index in [1.807, 2.05) is 6.07 Å². The highest BCUT2D eigenvalue weighted by molar-refractivity contribution is 9.10. The number of carbonyl (C=O) groups excluding carboxylic acids is 1. The quantitative estimate of drug-likeness (QED) is 0.910. The van der Waals surface area contributed by atoms with Crippen LogP contribution in [0.25, 0.3) is 10.2 Å². The van der Waals surface area contributed by atoms with E-state index in [0.29, 0.717) is 11.7 Å². The Morgan fingerprint density at radius 2 is 2.16 bits per heavy atom. The topological polar surface area (TPSA) is 54.9 Å². The number of aromatic nitrogens is 2. The smallest absolute Gasteiger partial charge is 0.271 e. The molecule has 100 valence electrons. The Morgan fingerprint density at radius 3 is 2.95 bits per heavy atom. The molecule has 0 saturated heterocycles. The Labute approximate surface area is 123 Å². The minimum Gasteiger partial charge on any atom is -0.348 e. The fourth-order valence-corrected chi connectivity index (χ4v) is 3.52. The first kappa shape index (κ1) is 13.0. The number of hydrogen-bond donors (Lipinski definition) is 1. The highest BCUT2D eigenvalue weighted by atomic mass is 79.9. The Hall–Kier alpha value is -1.01. The van der Waals surface area contributed by atoms with Crippen LogP contribution < -0.4 is 5.32 Å². The maximum absolute atomic E-state index is 12.3. The lowest BCUT2D eigenvalue weighted by Crippen LogP contribution is -2.36. The average Bonchev–Trinajstić information content (AvgIpc) is 2.82. The molecular formula is C13H14BrN3OS. The van der Waals surface area contributed by atoms with E-state index in [1.54, 1.807) is 6.20 Å². The molecular weight excluding hydrogens is 326 g/mol. The lowest BCUT2D eigenvalue weighted by Gasteiger charge is -2.22. The van der Waals surface area contributed by atoms with E-state index in [-0.39, 0.29) is 5.91 Å². The standard InChI is InChI=1S/C13H14BrN3OS/c14-8-6-10-11(17-19-13(10)15-7-8)12(18)16-9-4-2-1-3-5-9/h6-7,9H,1-5H2,(H,16,18). The summed E-state index contributed by atoms with van der Waals surface area (Å²) in [6.45, 7) is 0. The summed E-state index contributed by atoms with van der Waals surface area (Å²) < 4.78 is 5.12. The van der Waals surface area contributed by atoms with Crippen LogP contribution in [0.2, 0.25) is 0 Å². The number of carbonyl (C=O) groups is 1. The van der Waals surface area contributed by atoms with Gasteiger partial charge in [0.1, 0.15) is 4.83 Å². The van der Waals surface area contributed by atoms with Crippen molar-refractivity contribution in [2.45, 2.75) is 38.1 Å². The van der Waals surface area contributed by atoms with Gasteiger partial charge in [0.05, 0.1) is 0 Å². The van der Waals surface area contributed by atoms with Crippen LogP contribution in [-0.2, 0) is 0 Å². The highest BCUT2D eigenvalue weighted by Crippen LogP contribution is 2.24. The third kappa shape index (κ3) is 2.79. The Bertz CT molecular complexity index is 607. The third-order valence-corrected chi connectivity index (χ3v) is 4.66. The van der Waals surface area contributed by atoms with Crippen LogP contribution >= 0.6 is 27.5 Å². The maximum atomic E-state index is 12.3. The number of nitrogens with zero attached hydrogens (tertiary/aromatic N) is 2. The van der Waals surface area contributed by atoms with Gasteiger partial charge in [0.25, 0.3) is 5.91 Å². The van der Waals surface area contributed by atoms with Gasteiger partial charge in [-0.05, 0) is 46.4 Å². The zero-order chi connectivity index (χ0) is 13.2. The fourth-order valence-electron chi connectivity index (χ4n) is 2.47. The average molecular weight is 340 g/mol. The molecule has 19 heavy (non-hydrogen) atoms. The van der Waals surface area contributed by atoms with Crippen molar-refractivity contribution >= 4 is 43.6 Å². The van der Waals surface area contributed by atoms with Crippen LogP contribution in [0.15, 0.2) is 16.7 Å². The van der Waals surface area contributed by atoms with E-state index < -0.39 is 0 Å². The molecule has 1 amide bonds. The molecule has 2 aromatic heterocycles. The maximum Gasteiger partial charge on any atom is 0.271 e. The van der Waals surface area contributed by atoms with Gasteiger partial charge < -0.3 is 5.32 Å². The van der Waals surface area contributed by atoms with Gasteiger partial charge in [0.15, 0.2) is 5.69 Å². The Balaban J connectivity index is 1.82. The molecule has 1 aliphatic rings. The summed E-state index contributed by atoms with van der Waals surface area (Å²) in [7, 11) is 0. The molecule has 1 fully saturated rings. The van der Waals surface area contributed by atoms with Crippen molar-refractivity contribution in [1.29, 1.82) is 0 Å². The van der Waals surface area contributed by atoms with Crippen LogP contribution in [0.4, 0.5) is 0 Å². The molecule has 2 aromatic rings. The van der Waals surface area contributed by atoms with Gasteiger partial charge in [-0.2, -0.15) is 4.37 Å². The molecule has 1 N–H and O–H groups in total. The van der Waals surface area contributed by atoms with Crippen molar-refractivity contribution in [3.8, 4) is 0 Å². The SMILES string of the molecule is O=C(NC1CCCCC1)c1nsc2ncc(Br)cc12. The molecule has 1 aliphatic carbocycles. The fraction of sp³-hybridized carbons (Fsp3) is 0.462. The molecule has 0 unspecified atom stereocenters. The number of nitrogens with one attached hydrogen (secondary N) is 1. The van der Waals surface area contributed by atoms with Crippen molar-refractivity contribution in [3.05, 3.63) is 22.4 Å². The summed E-state index contributed by atoms with van der Waals surface area (Å²) in [4.78, 5) is 17.4. The zero-order valence-electron chi connectivity index (χ0n) is 10.4. The second-order valence-electron chi connectivity index (χ2n) is 4.85. The molecule has 6 heteroatoms. The summed E-state index contributed by atoms with van der Waals surface area (Å²) in [5, 5.41) is 3.92. The van der Waals surface area contributed by atoms with Crippen LogP contribution in [0, 0.1) is 0 Å². The van der Waals surface area contributed by atoms with Gasteiger partial charge >= 0.3 is 0 Å². The number of amides is 1. The van der Waals surface area contributed by atoms with Crippen molar-refractivity contribution in [3.63, 3.8) is 0 Å². The van der Waals surface area contributed by atoms with E-state index in [2.05, 4.69) is 30.6 Å². The molecule has 0 aromatic carbocycles. The summed E-state index contributed by atoms with van der Waals surface area (Å²) in [5.41, 5.74) is 0.499. The van der Waals surface area contributed by atoms with Crippen LogP contribution in [0.5, 0.6) is 0 Å². The highest BCUT2D eigenvalue weighted by Gasteiger charge is 2.20. The lowest BCUT2D eigenvalue weighted by molar-refractivity contribution is 0.0925. The molecule has 1 saturated carbocycles. The summed E-state index contributed by atoms with van der Waals surface area (Å²) in [5.74, 6) is -0.0712. The molecule has 3 rings (SSSR count). The number of rotatable bonds is 2. The summed E-state index contributed by atoms with van der Waals surface area (Å²) in [6, 6.07) is 2.21. The Morgan fingerprint density at radius 1 is 1.37 bits per heavy atom. The molecule has 2 heterocycles. The normalized spacial score (nSPS) is 16.7. The summed E-state index contributed by atoms with van der Waals surface area (Å²) >= 11 is 4.65. The van der Waals surface area contributed by atoms with E-state index >= 15 is 0 Å². The predicted octanol–water partition coefficient (Wildman–Crippen LogP) is 3.52. The van der Waals surface area contributed by atoms with Gasteiger partial charge in [-0.25, -0.2) is 4.98 Å². The predicted molar refractivity (Wildman–Crippen MR) is 79.5 cm³/mol. The van der Waals surface area contributed by atoms with E-state index in [1.165, 1.54) is 30.8 Å². The first-order chi connectivity index (χ1) is 9.24. The molecule has 4 nitrogen and oxygen atoms in total. The lowest BCUT2D eigenvalue weighted by atomic mass is 9.95. The summed E-state index contributed by atoms with van der Waals surface area (Å²) in [6.07, 6.45) is 7.57. The molecule has 0 bridgehead atoms. The van der Waals surface area contributed by atoms with E-state index in [9.17, 15) is 4.79 Å². The molecule has 0 atom stereocenters. The largest absolute Gasteiger partial charge is 0.348 e. The minimum absolute atomic E-state index is 0.0712. The third-order valence-electron chi connectivity index (χ3n) is 3.45. The van der Waals surface area contributed by atoms with Crippen molar-refractivity contribution in [2.75, 3.05) is 0 Å². The van der Waals surface area contributed by atoms with E-state index in [0.717, 1.165) is 27.5 Å². The number of fused-ring (bicyclic) bond motifs is 1. The number of halogens is 1. The number of hydrogen-bond acceptors (Lipinski definition) is 4. The number of pyridine rings is 1. The van der Waals surface area contributed by atoms with Crippen LogP contribution in [0.1, 0.15) is 42.6 Å². The minimum atomic E-state index is -0.0712. The monoisotopic (exact) mass is 339 g/mol. The van der Waals surface area contributed by atoms with Crippen molar-refractivity contribution in [2.24, 2.45) is 0 Å². The van der Waals surface area contributed by atoms with Crippen LogP contribution in [0.3, 0.4) is 0 Å². The van der Waals surface area contributed by atoms with Gasteiger partial charge in [0, 0.05) is 22.1 Å². The van der Waals surface area contributed by atoms with Gasteiger partial charge in [-0.1, -0.05) is 19.3 Å². The first-order valence-electron chi connectivity index (χ1n) is 6.46. The second-order valence-corrected chi connectivity index (χ2v) is 6.51. The molecule has 0 radical (unpaired) electrons. The molecule has 0 spiro atoms. The van der Waals surface area contributed by atoms with Gasteiger partial charge in [-0.15, -0.1) is 0 Å². The second kappa shape index (κ2) is 5.54. The van der Waals surface area contributed by atoms with Gasteiger partial charge in [0.2, 0.25) is 0 Å².